The van der Waals surface area contributed by atoms with Crippen LogP contribution in [0.5, 0.6) is 0 Å². The molecule has 3 rings (SSSR count). The number of aliphatic carboxylic acids is 1. The fourth-order valence-electron chi connectivity index (χ4n) is 2.50. The molecule has 21 heavy (non-hydrogen) atoms. The first-order valence-corrected chi connectivity index (χ1v) is 7.12. The smallest absolute Gasteiger partial charge is 0.327 e. The van der Waals surface area contributed by atoms with Gasteiger partial charge in [0.05, 0.1) is 5.56 Å². The monoisotopic (exact) mass is 346 g/mol. The molecule has 6 heteroatoms. The van der Waals surface area contributed by atoms with Gasteiger partial charge in [-0.3, -0.25) is 14.7 Å². The Balaban J connectivity index is 2.05. The number of aromatic nitrogens is 1. The zero-order valence-corrected chi connectivity index (χ0v) is 12.4. The molecule has 0 spiro atoms. The number of halogens is 1. The van der Waals surface area contributed by atoms with Gasteiger partial charge >= 0.3 is 5.97 Å². The van der Waals surface area contributed by atoms with E-state index in [1.165, 1.54) is 11.1 Å². The molecule has 0 bridgehead atoms. The topological polar surface area (TPSA) is 70.5 Å². The molecule has 2 heterocycles. The predicted octanol–water partition coefficient (Wildman–Crippen LogP) is 2.50. The van der Waals surface area contributed by atoms with Crippen LogP contribution in [0.4, 0.5) is 5.69 Å². The highest BCUT2D eigenvalue weighted by atomic mass is 79.9. The van der Waals surface area contributed by atoms with Crippen LogP contribution in [0.15, 0.2) is 47.2 Å². The van der Waals surface area contributed by atoms with Gasteiger partial charge in [0.1, 0.15) is 6.04 Å². The summed E-state index contributed by atoms with van der Waals surface area (Å²) in [6, 6.07) is 8.00. The van der Waals surface area contributed by atoms with Gasteiger partial charge in [0.2, 0.25) is 0 Å². The third kappa shape index (κ3) is 2.42. The number of nitrogens with zero attached hydrogens (tertiary/aromatic N) is 2. The van der Waals surface area contributed by atoms with Crippen LogP contribution in [0.2, 0.25) is 0 Å². The molecular weight excluding hydrogens is 336 g/mol. The highest BCUT2D eigenvalue weighted by Crippen LogP contribution is 2.33. The zero-order valence-electron chi connectivity index (χ0n) is 10.9. The number of benzene rings is 1. The lowest BCUT2D eigenvalue weighted by Gasteiger charge is -2.22. The molecule has 1 aliphatic rings. The summed E-state index contributed by atoms with van der Waals surface area (Å²) in [4.78, 5) is 29.4. The summed E-state index contributed by atoms with van der Waals surface area (Å²) in [7, 11) is 0. The maximum absolute atomic E-state index is 12.7. The summed E-state index contributed by atoms with van der Waals surface area (Å²) >= 11 is 3.27. The van der Waals surface area contributed by atoms with Crippen molar-refractivity contribution in [2.45, 2.75) is 12.5 Å². The number of carbonyl (C=O) groups excluding carboxylic acids is 1. The highest BCUT2D eigenvalue weighted by molar-refractivity contribution is 9.10. The second kappa shape index (κ2) is 5.29. The van der Waals surface area contributed by atoms with Crippen LogP contribution in [0, 0.1) is 0 Å². The zero-order chi connectivity index (χ0) is 15.0. The molecule has 1 unspecified atom stereocenters. The fraction of sp³-hybridized carbons (Fsp3) is 0.133. The number of carboxylic acids is 1. The molecular formula is C15H11BrN2O3. The minimum atomic E-state index is -1.01. The Morgan fingerprint density at radius 2 is 2.05 bits per heavy atom. The summed E-state index contributed by atoms with van der Waals surface area (Å²) in [5.74, 6) is -1.37. The number of fused-ring (bicyclic) bond motifs is 1. The number of rotatable bonds is 2. The molecule has 0 saturated heterocycles. The molecule has 1 amide bonds. The van der Waals surface area contributed by atoms with Crippen LogP contribution in [-0.4, -0.2) is 28.0 Å². The summed E-state index contributed by atoms with van der Waals surface area (Å²) in [5, 5.41) is 9.39. The lowest BCUT2D eigenvalue weighted by molar-refractivity contribution is -0.138. The molecule has 0 radical (unpaired) electrons. The lowest BCUT2D eigenvalue weighted by Crippen LogP contribution is -2.42. The number of anilines is 1. The molecule has 0 saturated carbocycles. The molecule has 1 atom stereocenters. The van der Waals surface area contributed by atoms with Gasteiger partial charge in [0, 0.05) is 29.0 Å². The Bertz CT molecular complexity index is 732. The van der Waals surface area contributed by atoms with Crippen LogP contribution < -0.4 is 4.90 Å². The number of carbonyl (C=O) groups is 2. The van der Waals surface area contributed by atoms with E-state index in [-0.39, 0.29) is 5.91 Å². The molecule has 0 fully saturated rings. The van der Waals surface area contributed by atoms with Crippen LogP contribution in [-0.2, 0) is 11.2 Å². The van der Waals surface area contributed by atoms with E-state index in [9.17, 15) is 14.7 Å². The minimum Gasteiger partial charge on any atom is -0.480 e. The normalized spacial score (nSPS) is 16.6. The van der Waals surface area contributed by atoms with Gasteiger partial charge in [-0.25, -0.2) is 4.79 Å². The summed E-state index contributed by atoms with van der Waals surface area (Å²) in [5.41, 5.74) is 1.86. The molecule has 1 N–H and O–H groups in total. The van der Waals surface area contributed by atoms with Crippen molar-refractivity contribution in [3.8, 4) is 0 Å². The van der Waals surface area contributed by atoms with Gasteiger partial charge in [-0.1, -0.05) is 18.2 Å². The average molecular weight is 347 g/mol. The van der Waals surface area contributed by atoms with Gasteiger partial charge in [0.15, 0.2) is 0 Å². The number of para-hydroxylation sites is 1. The summed E-state index contributed by atoms with van der Waals surface area (Å²) < 4.78 is 0.674. The third-order valence-corrected chi connectivity index (χ3v) is 3.87. The molecule has 2 aromatic rings. The van der Waals surface area contributed by atoms with E-state index in [1.807, 2.05) is 12.1 Å². The maximum Gasteiger partial charge on any atom is 0.327 e. The van der Waals surface area contributed by atoms with Gasteiger partial charge in [-0.2, -0.15) is 0 Å². The van der Waals surface area contributed by atoms with Gasteiger partial charge in [0.25, 0.3) is 5.91 Å². The van der Waals surface area contributed by atoms with E-state index in [0.717, 1.165) is 5.56 Å². The van der Waals surface area contributed by atoms with Crippen molar-refractivity contribution in [2.24, 2.45) is 0 Å². The van der Waals surface area contributed by atoms with E-state index < -0.39 is 12.0 Å². The maximum atomic E-state index is 12.7. The first-order chi connectivity index (χ1) is 10.1. The number of hydrogen-bond acceptors (Lipinski definition) is 3. The van der Waals surface area contributed by atoms with E-state index in [1.54, 1.807) is 24.4 Å². The van der Waals surface area contributed by atoms with Crippen molar-refractivity contribution < 1.29 is 14.7 Å². The largest absolute Gasteiger partial charge is 0.480 e. The number of pyridine rings is 1. The molecule has 106 valence electrons. The number of amides is 1. The number of hydrogen-bond donors (Lipinski definition) is 1. The predicted molar refractivity (Wildman–Crippen MR) is 80.3 cm³/mol. The quantitative estimate of drug-likeness (QED) is 0.906. The summed E-state index contributed by atoms with van der Waals surface area (Å²) in [6.07, 6.45) is 3.33. The molecule has 0 aliphatic carbocycles. The van der Waals surface area contributed by atoms with E-state index in [4.69, 9.17) is 0 Å². The SMILES string of the molecule is O=C(O)C1Cc2ccccc2N1C(=O)c1cncc(Br)c1. The highest BCUT2D eigenvalue weighted by Gasteiger charge is 2.38. The summed E-state index contributed by atoms with van der Waals surface area (Å²) in [6.45, 7) is 0. The van der Waals surface area contributed by atoms with Crippen molar-refractivity contribution in [1.82, 2.24) is 4.98 Å². The Hall–Kier alpha value is -2.21. The molecule has 1 aliphatic heterocycles. The molecule has 1 aromatic heterocycles. The van der Waals surface area contributed by atoms with Crippen molar-refractivity contribution in [3.05, 3.63) is 58.3 Å². The van der Waals surface area contributed by atoms with E-state index >= 15 is 0 Å². The van der Waals surface area contributed by atoms with Crippen LogP contribution in [0.25, 0.3) is 0 Å². The Kier molecular flexibility index (Phi) is 3.47. The van der Waals surface area contributed by atoms with Gasteiger partial charge in [-0.05, 0) is 33.6 Å². The Morgan fingerprint density at radius 3 is 2.76 bits per heavy atom. The third-order valence-electron chi connectivity index (χ3n) is 3.43. The van der Waals surface area contributed by atoms with Crippen LogP contribution in [0.1, 0.15) is 15.9 Å². The van der Waals surface area contributed by atoms with Crippen molar-refractivity contribution in [3.63, 3.8) is 0 Å². The standard InChI is InChI=1S/C15H11BrN2O3/c16-11-5-10(7-17-8-11)14(19)18-12-4-2-1-3-9(12)6-13(18)15(20)21/h1-5,7-8,13H,6H2,(H,20,21). The van der Waals surface area contributed by atoms with Crippen molar-refractivity contribution in [1.29, 1.82) is 0 Å². The first kappa shape index (κ1) is 13.8. The van der Waals surface area contributed by atoms with Crippen LogP contribution in [0.3, 0.4) is 0 Å². The first-order valence-electron chi connectivity index (χ1n) is 6.33. The Morgan fingerprint density at radius 1 is 1.29 bits per heavy atom. The van der Waals surface area contributed by atoms with Crippen molar-refractivity contribution in [2.75, 3.05) is 4.90 Å². The second-order valence-electron chi connectivity index (χ2n) is 4.75. The second-order valence-corrected chi connectivity index (χ2v) is 5.67. The average Bonchev–Trinajstić information content (AvgIpc) is 2.86. The van der Waals surface area contributed by atoms with E-state index in [0.29, 0.717) is 22.1 Å². The van der Waals surface area contributed by atoms with E-state index in [2.05, 4.69) is 20.9 Å². The minimum absolute atomic E-state index is 0.318. The Labute approximate surface area is 129 Å². The number of carboxylic acid groups (broad SMARTS) is 1. The van der Waals surface area contributed by atoms with Crippen molar-refractivity contribution >= 4 is 33.5 Å². The van der Waals surface area contributed by atoms with Gasteiger partial charge in [-0.15, -0.1) is 0 Å². The fourth-order valence-corrected chi connectivity index (χ4v) is 2.87. The van der Waals surface area contributed by atoms with Crippen LogP contribution >= 0.6 is 15.9 Å². The van der Waals surface area contributed by atoms with Gasteiger partial charge < -0.3 is 5.11 Å². The molecule has 1 aromatic carbocycles. The molecule has 5 nitrogen and oxygen atoms in total. The lowest BCUT2D eigenvalue weighted by atomic mass is 10.1.